The molecule has 0 aliphatic rings. The van der Waals surface area contributed by atoms with Gasteiger partial charge in [-0.25, -0.2) is 13.1 Å². The summed E-state index contributed by atoms with van der Waals surface area (Å²) >= 11 is 0. The van der Waals surface area contributed by atoms with Crippen molar-refractivity contribution in [2.75, 3.05) is 17.7 Å². The average Bonchev–Trinajstić information content (AvgIpc) is 2.66. The fraction of sp³-hybridized carbons (Fsp3) is 0.143. The van der Waals surface area contributed by atoms with Gasteiger partial charge >= 0.3 is 0 Å². The van der Waals surface area contributed by atoms with Gasteiger partial charge in [0, 0.05) is 17.9 Å². The summed E-state index contributed by atoms with van der Waals surface area (Å²) in [6.45, 7) is 0.477. The van der Waals surface area contributed by atoms with Gasteiger partial charge in [0.15, 0.2) is 0 Å². The molecule has 0 spiro atoms. The molecule has 3 aromatic rings. The lowest BCUT2D eigenvalue weighted by Crippen LogP contribution is -2.35. The van der Waals surface area contributed by atoms with E-state index in [4.69, 9.17) is 0 Å². The van der Waals surface area contributed by atoms with E-state index < -0.39 is 10.0 Å². The molecule has 0 saturated heterocycles. The van der Waals surface area contributed by atoms with Crippen LogP contribution in [0.15, 0.2) is 91.0 Å². The lowest BCUT2D eigenvalue weighted by atomic mass is 10.1. The summed E-state index contributed by atoms with van der Waals surface area (Å²) in [7, 11) is -3.36. The highest BCUT2D eigenvalue weighted by molar-refractivity contribution is 7.88. The van der Waals surface area contributed by atoms with Crippen molar-refractivity contribution in [1.29, 1.82) is 0 Å². The minimum absolute atomic E-state index is 0.369. The maximum absolute atomic E-state index is 11.9. The Kier molecular flexibility index (Phi) is 5.71. The number of hydrogen-bond acceptors (Lipinski definition) is 3. The number of sulfonamides is 1. The molecule has 0 radical (unpaired) electrons. The Bertz CT molecular complexity index is 874. The molecule has 0 saturated carbocycles. The number of benzene rings is 3. The fourth-order valence-corrected chi connectivity index (χ4v) is 3.64. The van der Waals surface area contributed by atoms with Crippen molar-refractivity contribution in [2.24, 2.45) is 0 Å². The highest BCUT2D eigenvalue weighted by atomic mass is 32.2. The minimum Gasteiger partial charge on any atom is -0.340 e. The van der Waals surface area contributed by atoms with E-state index in [9.17, 15) is 8.42 Å². The predicted octanol–water partition coefficient (Wildman–Crippen LogP) is 4.12. The third kappa shape index (κ3) is 4.94. The predicted molar refractivity (Wildman–Crippen MR) is 107 cm³/mol. The molecule has 1 unspecified atom stereocenters. The lowest BCUT2D eigenvalue weighted by Gasteiger charge is -2.30. The summed E-state index contributed by atoms with van der Waals surface area (Å²) in [5.41, 5.74) is 2.94. The molecule has 1 N–H and O–H groups in total. The van der Waals surface area contributed by atoms with Gasteiger partial charge in [-0.3, -0.25) is 0 Å². The summed E-state index contributed by atoms with van der Waals surface area (Å²) in [6.07, 6.45) is 1.19. The van der Waals surface area contributed by atoms with Crippen LogP contribution in [0.3, 0.4) is 0 Å². The molecule has 3 aromatic carbocycles. The first-order chi connectivity index (χ1) is 12.5. The van der Waals surface area contributed by atoms with Crippen LogP contribution in [0, 0.1) is 0 Å². The third-order valence-corrected chi connectivity index (χ3v) is 4.77. The zero-order chi connectivity index (χ0) is 18.4. The number of nitrogens with zero attached hydrogens (tertiary/aromatic N) is 1. The molecule has 134 valence electrons. The van der Waals surface area contributed by atoms with E-state index in [1.54, 1.807) is 0 Å². The molecule has 0 heterocycles. The van der Waals surface area contributed by atoms with Crippen LogP contribution < -0.4 is 9.62 Å². The molecular weight excluding hydrogens is 344 g/mol. The van der Waals surface area contributed by atoms with Crippen molar-refractivity contribution in [1.82, 2.24) is 4.72 Å². The molecule has 4 nitrogen and oxygen atoms in total. The van der Waals surface area contributed by atoms with E-state index in [-0.39, 0.29) is 6.04 Å². The second-order valence-corrected chi connectivity index (χ2v) is 7.92. The van der Waals surface area contributed by atoms with E-state index in [0.717, 1.165) is 16.9 Å². The van der Waals surface area contributed by atoms with E-state index in [0.29, 0.717) is 6.54 Å². The van der Waals surface area contributed by atoms with Crippen LogP contribution >= 0.6 is 0 Å². The highest BCUT2D eigenvalue weighted by Crippen LogP contribution is 2.28. The molecule has 0 aliphatic carbocycles. The number of nitrogens with one attached hydrogen (secondary N) is 1. The summed E-state index contributed by atoms with van der Waals surface area (Å²) in [5, 5.41) is 0. The van der Waals surface area contributed by atoms with E-state index in [2.05, 4.69) is 9.62 Å². The molecule has 26 heavy (non-hydrogen) atoms. The van der Waals surface area contributed by atoms with Crippen LogP contribution in [-0.2, 0) is 10.0 Å². The van der Waals surface area contributed by atoms with Crippen molar-refractivity contribution in [3.8, 4) is 0 Å². The first-order valence-corrected chi connectivity index (χ1v) is 10.3. The van der Waals surface area contributed by atoms with Gasteiger partial charge in [0.2, 0.25) is 10.0 Å². The second kappa shape index (κ2) is 8.17. The Morgan fingerprint density at radius 2 is 1.19 bits per heavy atom. The Balaban J connectivity index is 1.99. The summed E-state index contributed by atoms with van der Waals surface area (Å²) in [5.74, 6) is 0. The SMILES string of the molecule is CS(=O)(=O)NC(CN(c1ccccc1)c1ccccc1)c1ccccc1. The average molecular weight is 366 g/mol. The van der Waals surface area contributed by atoms with Gasteiger partial charge in [-0.2, -0.15) is 0 Å². The van der Waals surface area contributed by atoms with Gasteiger partial charge < -0.3 is 4.90 Å². The maximum Gasteiger partial charge on any atom is 0.209 e. The molecule has 0 fully saturated rings. The van der Waals surface area contributed by atoms with Crippen LogP contribution in [-0.4, -0.2) is 21.2 Å². The number of rotatable bonds is 7. The summed E-state index contributed by atoms with van der Waals surface area (Å²) in [6, 6.07) is 29.2. The summed E-state index contributed by atoms with van der Waals surface area (Å²) in [4.78, 5) is 2.12. The monoisotopic (exact) mass is 366 g/mol. The smallest absolute Gasteiger partial charge is 0.209 e. The van der Waals surface area contributed by atoms with E-state index in [1.807, 2.05) is 91.0 Å². The molecule has 0 bridgehead atoms. The van der Waals surface area contributed by atoms with Gasteiger partial charge in [-0.1, -0.05) is 66.7 Å². The normalized spacial score (nSPS) is 12.5. The van der Waals surface area contributed by atoms with Crippen molar-refractivity contribution in [3.05, 3.63) is 96.6 Å². The number of anilines is 2. The van der Waals surface area contributed by atoms with E-state index in [1.165, 1.54) is 6.26 Å². The summed E-state index contributed by atoms with van der Waals surface area (Å²) < 4.78 is 26.7. The van der Waals surface area contributed by atoms with Gasteiger partial charge in [0.1, 0.15) is 0 Å². The topological polar surface area (TPSA) is 49.4 Å². The van der Waals surface area contributed by atoms with Crippen LogP contribution in [0.2, 0.25) is 0 Å². The van der Waals surface area contributed by atoms with Crippen molar-refractivity contribution in [3.63, 3.8) is 0 Å². The molecule has 0 aliphatic heterocycles. The Morgan fingerprint density at radius 3 is 1.62 bits per heavy atom. The van der Waals surface area contributed by atoms with Gasteiger partial charge in [0.25, 0.3) is 0 Å². The van der Waals surface area contributed by atoms with Crippen molar-refractivity contribution >= 4 is 21.4 Å². The Labute approximate surface area is 155 Å². The molecule has 1 atom stereocenters. The zero-order valence-electron chi connectivity index (χ0n) is 14.6. The van der Waals surface area contributed by atoms with Crippen LogP contribution in [0.5, 0.6) is 0 Å². The van der Waals surface area contributed by atoms with Crippen LogP contribution in [0.1, 0.15) is 11.6 Å². The lowest BCUT2D eigenvalue weighted by molar-refractivity contribution is 0.562. The molecule has 3 rings (SSSR count). The first-order valence-electron chi connectivity index (χ1n) is 8.43. The first kappa shape index (κ1) is 18.2. The number of hydrogen-bond donors (Lipinski definition) is 1. The van der Waals surface area contributed by atoms with Gasteiger partial charge in [-0.15, -0.1) is 0 Å². The second-order valence-electron chi connectivity index (χ2n) is 6.13. The quantitative estimate of drug-likeness (QED) is 0.684. The standard InChI is InChI=1S/C21H22N2O2S/c1-26(24,25)22-21(18-11-5-2-6-12-18)17-23(19-13-7-3-8-14-19)20-15-9-4-10-16-20/h2-16,21-22H,17H2,1H3. The maximum atomic E-state index is 11.9. The highest BCUT2D eigenvalue weighted by Gasteiger charge is 2.21. The largest absolute Gasteiger partial charge is 0.340 e. The van der Waals surface area contributed by atoms with Gasteiger partial charge in [0.05, 0.1) is 12.3 Å². The van der Waals surface area contributed by atoms with Gasteiger partial charge in [-0.05, 0) is 29.8 Å². The molecule has 0 amide bonds. The van der Waals surface area contributed by atoms with Crippen LogP contribution in [0.4, 0.5) is 11.4 Å². The molecule has 5 heteroatoms. The number of para-hydroxylation sites is 2. The zero-order valence-corrected chi connectivity index (χ0v) is 15.4. The van der Waals surface area contributed by atoms with E-state index >= 15 is 0 Å². The Morgan fingerprint density at radius 1 is 0.769 bits per heavy atom. The van der Waals surface area contributed by atoms with Crippen molar-refractivity contribution < 1.29 is 8.42 Å². The Hall–Kier alpha value is -2.63. The van der Waals surface area contributed by atoms with Crippen molar-refractivity contribution in [2.45, 2.75) is 6.04 Å². The van der Waals surface area contributed by atoms with Crippen LogP contribution in [0.25, 0.3) is 0 Å². The third-order valence-electron chi connectivity index (χ3n) is 4.06. The molecular formula is C21H22N2O2S. The fourth-order valence-electron chi connectivity index (χ4n) is 2.91. The minimum atomic E-state index is -3.36. The molecule has 0 aromatic heterocycles.